The molecule has 1 heterocycles. The molecule has 0 saturated carbocycles. The van der Waals surface area contributed by atoms with Crippen LogP contribution in [0.15, 0.2) is 35.2 Å². The third-order valence-corrected chi connectivity index (χ3v) is 4.51. The fourth-order valence-corrected chi connectivity index (χ4v) is 3.50. The van der Waals surface area contributed by atoms with E-state index in [-0.39, 0.29) is 11.8 Å². The number of hydrogen-bond acceptors (Lipinski definition) is 3. The number of thioether (sulfide) groups is 1. The first-order valence-electron chi connectivity index (χ1n) is 6.55. The molecule has 1 aliphatic rings. The molecule has 102 valence electrons. The highest BCUT2D eigenvalue weighted by Gasteiger charge is 2.30. The SMILES string of the molecule is CC(C)Sc1ccc2c3c(cccc13)C(=O)N(C)C2=O. The molecule has 1 aliphatic heterocycles. The Hall–Kier alpha value is -1.81. The summed E-state index contributed by atoms with van der Waals surface area (Å²) >= 11 is 1.75. The Morgan fingerprint density at radius 3 is 2.30 bits per heavy atom. The lowest BCUT2D eigenvalue weighted by Gasteiger charge is -2.24. The lowest BCUT2D eigenvalue weighted by atomic mass is 9.94. The Balaban J connectivity index is 2.35. The molecule has 3 rings (SSSR count). The van der Waals surface area contributed by atoms with Crippen molar-refractivity contribution in [3.63, 3.8) is 0 Å². The van der Waals surface area contributed by atoms with Gasteiger partial charge in [0.15, 0.2) is 0 Å². The Kier molecular flexibility index (Phi) is 3.05. The van der Waals surface area contributed by atoms with Crippen molar-refractivity contribution in [2.24, 2.45) is 0 Å². The maximum atomic E-state index is 12.2. The molecule has 20 heavy (non-hydrogen) atoms. The van der Waals surface area contributed by atoms with Crippen LogP contribution in [0.25, 0.3) is 10.8 Å². The van der Waals surface area contributed by atoms with Crippen LogP contribution >= 0.6 is 11.8 Å². The maximum absolute atomic E-state index is 12.2. The summed E-state index contributed by atoms with van der Waals surface area (Å²) < 4.78 is 0. The largest absolute Gasteiger partial charge is 0.277 e. The van der Waals surface area contributed by atoms with E-state index in [1.807, 2.05) is 24.3 Å². The first-order valence-corrected chi connectivity index (χ1v) is 7.43. The van der Waals surface area contributed by atoms with Crippen molar-refractivity contribution in [2.45, 2.75) is 24.0 Å². The highest BCUT2D eigenvalue weighted by Crippen LogP contribution is 2.36. The Bertz CT molecular complexity index is 714. The number of hydrogen-bond donors (Lipinski definition) is 0. The van der Waals surface area contributed by atoms with Gasteiger partial charge in [-0.05, 0) is 23.6 Å². The molecular weight excluding hydrogens is 270 g/mol. The van der Waals surface area contributed by atoms with Crippen LogP contribution in [0.2, 0.25) is 0 Å². The smallest absolute Gasteiger partial charge is 0.261 e. The second kappa shape index (κ2) is 4.63. The van der Waals surface area contributed by atoms with Crippen molar-refractivity contribution in [2.75, 3.05) is 7.05 Å². The molecule has 0 fully saturated rings. The van der Waals surface area contributed by atoms with Gasteiger partial charge in [0, 0.05) is 33.7 Å². The van der Waals surface area contributed by atoms with E-state index in [1.54, 1.807) is 17.8 Å². The van der Waals surface area contributed by atoms with E-state index in [0.29, 0.717) is 16.4 Å². The summed E-state index contributed by atoms with van der Waals surface area (Å²) in [5.74, 6) is -0.445. The quantitative estimate of drug-likeness (QED) is 0.625. The zero-order chi connectivity index (χ0) is 14.4. The minimum Gasteiger partial charge on any atom is -0.277 e. The van der Waals surface area contributed by atoms with E-state index in [9.17, 15) is 9.59 Å². The molecule has 0 bridgehead atoms. The van der Waals surface area contributed by atoms with Gasteiger partial charge in [-0.25, -0.2) is 0 Å². The van der Waals surface area contributed by atoms with Crippen molar-refractivity contribution in [3.05, 3.63) is 41.5 Å². The van der Waals surface area contributed by atoms with Crippen molar-refractivity contribution < 1.29 is 9.59 Å². The highest BCUT2D eigenvalue weighted by atomic mass is 32.2. The second-order valence-electron chi connectivity index (χ2n) is 5.18. The van der Waals surface area contributed by atoms with Gasteiger partial charge in [-0.1, -0.05) is 26.0 Å². The van der Waals surface area contributed by atoms with Crippen molar-refractivity contribution in [1.82, 2.24) is 4.90 Å². The number of benzene rings is 2. The van der Waals surface area contributed by atoms with Crippen LogP contribution in [0.4, 0.5) is 0 Å². The van der Waals surface area contributed by atoms with Crippen molar-refractivity contribution >= 4 is 34.3 Å². The van der Waals surface area contributed by atoms with E-state index < -0.39 is 0 Å². The van der Waals surface area contributed by atoms with E-state index in [4.69, 9.17) is 0 Å². The third-order valence-electron chi connectivity index (χ3n) is 3.43. The van der Waals surface area contributed by atoms with Crippen LogP contribution in [0.3, 0.4) is 0 Å². The molecule has 4 heteroatoms. The lowest BCUT2D eigenvalue weighted by Crippen LogP contribution is -2.36. The van der Waals surface area contributed by atoms with Crippen LogP contribution < -0.4 is 0 Å². The molecule has 0 unspecified atom stereocenters. The molecule has 0 radical (unpaired) electrons. The molecule has 2 aromatic carbocycles. The average molecular weight is 285 g/mol. The minimum absolute atomic E-state index is 0.222. The number of carbonyl (C=O) groups is 2. The van der Waals surface area contributed by atoms with E-state index in [1.165, 1.54) is 11.9 Å². The molecule has 0 aliphatic carbocycles. The van der Waals surface area contributed by atoms with Crippen LogP contribution in [-0.2, 0) is 0 Å². The summed E-state index contributed by atoms with van der Waals surface area (Å²) in [6, 6.07) is 9.47. The molecular formula is C16H15NO2S. The summed E-state index contributed by atoms with van der Waals surface area (Å²) in [7, 11) is 1.53. The second-order valence-corrected chi connectivity index (χ2v) is 6.79. The van der Waals surface area contributed by atoms with Gasteiger partial charge in [-0.3, -0.25) is 14.5 Å². The van der Waals surface area contributed by atoms with Gasteiger partial charge in [-0.15, -0.1) is 11.8 Å². The van der Waals surface area contributed by atoms with Gasteiger partial charge in [0.25, 0.3) is 11.8 Å². The Morgan fingerprint density at radius 2 is 1.65 bits per heavy atom. The predicted octanol–water partition coefficient (Wildman–Crippen LogP) is 3.57. The highest BCUT2D eigenvalue weighted by molar-refractivity contribution is 8.00. The molecule has 0 spiro atoms. The summed E-state index contributed by atoms with van der Waals surface area (Å²) in [5, 5.41) is 2.24. The fourth-order valence-electron chi connectivity index (χ4n) is 2.55. The first kappa shape index (κ1) is 13.2. The number of imide groups is 1. The Morgan fingerprint density at radius 1 is 1.00 bits per heavy atom. The predicted molar refractivity (Wildman–Crippen MR) is 81.4 cm³/mol. The van der Waals surface area contributed by atoms with E-state index >= 15 is 0 Å². The normalized spacial score (nSPS) is 14.5. The van der Waals surface area contributed by atoms with Gasteiger partial charge in [0.2, 0.25) is 0 Å². The monoisotopic (exact) mass is 285 g/mol. The van der Waals surface area contributed by atoms with Crippen LogP contribution in [0, 0.1) is 0 Å². The molecule has 2 amide bonds. The van der Waals surface area contributed by atoms with Crippen LogP contribution in [0.5, 0.6) is 0 Å². The molecule has 0 saturated heterocycles. The summed E-state index contributed by atoms with van der Waals surface area (Å²) in [6.07, 6.45) is 0. The van der Waals surface area contributed by atoms with Crippen LogP contribution in [0.1, 0.15) is 34.6 Å². The van der Waals surface area contributed by atoms with Gasteiger partial charge in [0.05, 0.1) is 0 Å². The van der Waals surface area contributed by atoms with Gasteiger partial charge >= 0.3 is 0 Å². The van der Waals surface area contributed by atoms with Crippen molar-refractivity contribution in [3.8, 4) is 0 Å². The van der Waals surface area contributed by atoms with E-state index in [0.717, 1.165) is 15.7 Å². The lowest BCUT2D eigenvalue weighted by molar-refractivity contribution is 0.0650. The maximum Gasteiger partial charge on any atom is 0.261 e. The van der Waals surface area contributed by atoms with Crippen molar-refractivity contribution in [1.29, 1.82) is 0 Å². The van der Waals surface area contributed by atoms with Crippen LogP contribution in [-0.4, -0.2) is 29.0 Å². The molecule has 2 aromatic rings. The zero-order valence-corrected chi connectivity index (χ0v) is 12.5. The molecule has 0 N–H and O–H groups in total. The number of amides is 2. The first-order chi connectivity index (χ1) is 9.50. The van der Waals surface area contributed by atoms with Gasteiger partial charge in [0.1, 0.15) is 0 Å². The average Bonchev–Trinajstić information content (AvgIpc) is 2.43. The number of rotatable bonds is 2. The summed E-state index contributed by atoms with van der Waals surface area (Å²) in [5.41, 5.74) is 1.23. The topological polar surface area (TPSA) is 37.4 Å². The molecule has 0 atom stereocenters. The van der Waals surface area contributed by atoms with Gasteiger partial charge in [-0.2, -0.15) is 0 Å². The van der Waals surface area contributed by atoms with E-state index in [2.05, 4.69) is 13.8 Å². The number of carbonyl (C=O) groups excluding carboxylic acids is 2. The summed E-state index contributed by atoms with van der Waals surface area (Å²) in [4.78, 5) is 26.8. The van der Waals surface area contributed by atoms with Gasteiger partial charge < -0.3 is 0 Å². The Labute approximate surface area is 122 Å². The third kappa shape index (κ3) is 1.83. The standard InChI is InChI=1S/C16H15NO2S/c1-9(2)20-13-8-7-12-14-10(13)5-4-6-11(14)15(18)17(3)16(12)19/h4-9H,1-3H3. The molecule has 3 nitrogen and oxygen atoms in total. The number of nitrogens with zero attached hydrogens (tertiary/aromatic N) is 1. The summed E-state index contributed by atoms with van der Waals surface area (Å²) in [6.45, 7) is 4.26. The molecule has 0 aromatic heterocycles. The zero-order valence-electron chi connectivity index (χ0n) is 11.6. The fraction of sp³-hybridized carbons (Fsp3) is 0.250. The minimum atomic E-state index is -0.222.